The Hall–Kier alpha value is -3.45. The second kappa shape index (κ2) is 10.4. The van der Waals surface area contributed by atoms with Crippen molar-refractivity contribution in [2.24, 2.45) is 0 Å². The number of nitrogens with zero attached hydrogens (tertiary/aromatic N) is 3. The Kier molecular flexibility index (Phi) is 7.36. The van der Waals surface area contributed by atoms with Gasteiger partial charge in [0.05, 0.1) is 7.11 Å². The Labute approximate surface area is 211 Å². The molecule has 1 N–H and O–H groups in total. The molecule has 1 atom stereocenters. The Bertz CT molecular complexity index is 1220. The number of carbonyl (C=O) groups is 2. The third kappa shape index (κ3) is 5.15. The number of urea groups is 1. The number of rotatable bonds is 6. The van der Waals surface area contributed by atoms with E-state index in [1.54, 1.807) is 24.1 Å². The quantitative estimate of drug-likeness (QED) is 0.503. The summed E-state index contributed by atoms with van der Waals surface area (Å²) in [5.74, 6) is 0.596. The smallest absolute Gasteiger partial charge is 0.322 e. The molecule has 1 aromatic heterocycles. The molecule has 184 valence electrons. The van der Waals surface area contributed by atoms with Crippen LogP contribution in [0.2, 0.25) is 5.02 Å². The van der Waals surface area contributed by atoms with Gasteiger partial charge >= 0.3 is 6.03 Å². The largest absolute Gasteiger partial charge is 0.496 e. The van der Waals surface area contributed by atoms with E-state index >= 15 is 0 Å². The molecule has 0 spiro atoms. The number of ether oxygens (including phenoxy) is 1. The van der Waals surface area contributed by atoms with Gasteiger partial charge in [-0.1, -0.05) is 35.9 Å². The number of aryl methyl sites for hydroxylation is 1. The molecule has 0 bridgehead atoms. The minimum Gasteiger partial charge on any atom is -0.496 e. The van der Waals surface area contributed by atoms with Crippen molar-refractivity contribution in [2.75, 3.05) is 25.5 Å². The number of benzene rings is 2. The van der Waals surface area contributed by atoms with E-state index in [4.69, 9.17) is 16.3 Å². The summed E-state index contributed by atoms with van der Waals surface area (Å²) in [7, 11) is 1.63. The van der Waals surface area contributed by atoms with Gasteiger partial charge in [-0.15, -0.1) is 0 Å². The number of halogens is 1. The van der Waals surface area contributed by atoms with Crippen molar-refractivity contribution < 1.29 is 14.3 Å². The van der Waals surface area contributed by atoms with Gasteiger partial charge in [0, 0.05) is 47.3 Å². The van der Waals surface area contributed by atoms with Crippen LogP contribution in [0.4, 0.5) is 10.5 Å². The average Bonchev–Trinajstić information content (AvgIpc) is 3.32. The topological polar surface area (TPSA) is 66.8 Å². The lowest BCUT2D eigenvalue weighted by Crippen LogP contribution is -2.50. The number of amides is 3. The summed E-state index contributed by atoms with van der Waals surface area (Å²) in [6.45, 7) is 6.87. The zero-order chi connectivity index (χ0) is 25.1. The van der Waals surface area contributed by atoms with Crippen LogP contribution in [-0.4, -0.2) is 52.5 Å². The molecule has 0 saturated carbocycles. The molecule has 0 aliphatic carbocycles. The van der Waals surface area contributed by atoms with Crippen LogP contribution in [0.3, 0.4) is 0 Å². The third-order valence-electron chi connectivity index (χ3n) is 6.41. The summed E-state index contributed by atoms with van der Waals surface area (Å²) in [6, 6.07) is 16.3. The van der Waals surface area contributed by atoms with E-state index in [0.717, 1.165) is 22.6 Å². The fourth-order valence-corrected chi connectivity index (χ4v) is 4.64. The first-order chi connectivity index (χ1) is 16.8. The van der Waals surface area contributed by atoms with Gasteiger partial charge in [-0.2, -0.15) is 0 Å². The monoisotopic (exact) mass is 494 g/mol. The van der Waals surface area contributed by atoms with Gasteiger partial charge in [-0.05, 0) is 56.7 Å². The number of nitrogens with one attached hydrogen (secondary N) is 1. The van der Waals surface area contributed by atoms with E-state index in [-0.39, 0.29) is 30.6 Å². The molecular weight excluding hydrogens is 464 g/mol. The lowest BCUT2D eigenvalue weighted by molar-refractivity contribution is -0.134. The third-order valence-corrected chi connectivity index (χ3v) is 6.81. The number of methoxy groups -OCH3 is 1. The summed E-state index contributed by atoms with van der Waals surface area (Å²) < 4.78 is 7.79. The van der Waals surface area contributed by atoms with Crippen molar-refractivity contribution in [3.8, 4) is 5.75 Å². The Morgan fingerprint density at radius 3 is 2.63 bits per heavy atom. The fourth-order valence-electron chi connectivity index (χ4n) is 4.46. The van der Waals surface area contributed by atoms with Crippen LogP contribution < -0.4 is 10.1 Å². The first-order valence-corrected chi connectivity index (χ1v) is 12.1. The number of aromatic nitrogens is 1. The molecular formula is C27H31ClN4O3. The summed E-state index contributed by atoms with van der Waals surface area (Å²) in [4.78, 5) is 30.3. The highest BCUT2D eigenvalue weighted by atomic mass is 35.5. The summed E-state index contributed by atoms with van der Waals surface area (Å²) in [5, 5.41) is 3.45. The number of anilines is 1. The van der Waals surface area contributed by atoms with Crippen LogP contribution in [0.5, 0.6) is 5.75 Å². The second-order valence-electron chi connectivity index (χ2n) is 8.97. The highest BCUT2D eigenvalue weighted by Gasteiger charge is 2.35. The maximum Gasteiger partial charge on any atom is 0.322 e. The van der Waals surface area contributed by atoms with E-state index in [1.165, 1.54) is 0 Å². The molecule has 3 aromatic rings. The molecule has 35 heavy (non-hydrogen) atoms. The Balaban J connectivity index is 1.59. The second-order valence-corrected chi connectivity index (χ2v) is 9.38. The minimum atomic E-state index is -0.345. The predicted molar refractivity (Wildman–Crippen MR) is 138 cm³/mol. The molecule has 2 heterocycles. The molecule has 3 amide bonds. The first kappa shape index (κ1) is 24.7. The number of hydrogen-bond donors (Lipinski definition) is 1. The average molecular weight is 495 g/mol. The number of para-hydroxylation sites is 1. The Morgan fingerprint density at radius 1 is 1.14 bits per heavy atom. The van der Waals surface area contributed by atoms with Gasteiger partial charge in [-0.25, -0.2) is 4.79 Å². The molecule has 8 heteroatoms. The van der Waals surface area contributed by atoms with Crippen molar-refractivity contribution in [3.05, 3.63) is 82.6 Å². The summed E-state index contributed by atoms with van der Waals surface area (Å²) in [5.41, 5.74) is 3.45. The van der Waals surface area contributed by atoms with Crippen molar-refractivity contribution in [1.29, 1.82) is 0 Å². The van der Waals surface area contributed by atoms with E-state index in [1.807, 2.05) is 74.3 Å². The van der Waals surface area contributed by atoms with Gasteiger partial charge in [0.15, 0.2) is 0 Å². The lowest BCUT2D eigenvalue weighted by atomic mass is 9.98. The van der Waals surface area contributed by atoms with Crippen LogP contribution in [0, 0.1) is 6.92 Å². The van der Waals surface area contributed by atoms with Gasteiger partial charge in [0.1, 0.15) is 18.3 Å². The van der Waals surface area contributed by atoms with Crippen LogP contribution >= 0.6 is 11.6 Å². The maximum absolute atomic E-state index is 13.7. The zero-order valence-electron chi connectivity index (χ0n) is 20.5. The van der Waals surface area contributed by atoms with Crippen LogP contribution in [0.15, 0.2) is 60.8 Å². The molecule has 0 fully saturated rings. The molecule has 7 nitrogen and oxygen atoms in total. The molecule has 0 saturated heterocycles. The van der Waals surface area contributed by atoms with Gasteiger partial charge in [0.25, 0.3) is 0 Å². The number of hydrogen-bond acceptors (Lipinski definition) is 3. The van der Waals surface area contributed by atoms with Crippen molar-refractivity contribution in [2.45, 2.75) is 39.4 Å². The van der Waals surface area contributed by atoms with Crippen LogP contribution in [0.25, 0.3) is 0 Å². The molecule has 4 rings (SSSR count). The SMILES string of the molecule is COc1ccccc1C1c2cccn2CCN1C(=O)CN(C(=O)Nc1ccc(C)c(Cl)c1)C(C)C. The molecule has 1 aliphatic heterocycles. The van der Waals surface area contributed by atoms with E-state index in [0.29, 0.717) is 23.8 Å². The van der Waals surface area contributed by atoms with Gasteiger partial charge in [-0.3, -0.25) is 4.79 Å². The minimum absolute atomic E-state index is 0.0462. The summed E-state index contributed by atoms with van der Waals surface area (Å²) in [6.07, 6.45) is 2.03. The summed E-state index contributed by atoms with van der Waals surface area (Å²) >= 11 is 6.22. The first-order valence-electron chi connectivity index (χ1n) is 11.7. The van der Waals surface area contributed by atoms with Gasteiger partial charge < -0.3 is 24.4 Å². The molecule has 2 aromatic carbocycles. The highest BCUT2D eigenvalue weighted by molar-refractivity contribution is 6.31. The van der Waals surface area contributed by atoms with E-state index in [9.17, 15) is 9.59 Å². The zero-order valence-corrected chi connectivity index (χ0v) is 21.2. The van der Waals surface area contributed by atoms with Gasteiger partial charge in [0.2, 0.25) is 5.91 Å². The molecule has 1 aliphatic rings. The lowest BCUT2D eigenvalue weighted by Gasteiger charge is -2.39. The van der Waals surface area contributed by atoms with Crippen molar-refractivity contribution >= 4 is 29.2 Å². The van der Waals surface area contributed by atoms with Crippen LogP contribution in [0.1, 0.15) is 36.7 Å². The fraction of sp³-hybridized carbons (Fsp3) is 0.333. The predicted octanol–water partition coefficient (Wildman–Crippen LogP) is 5.33. The maximum atomic E-state index is 13.7. The van der Waals surface area contributed by atoms with Crippen LogP contribution in [-0.2, 0) is 11.3 Å². The van der Waals surface area contributed by atoms with E-state index < -0.39 is 0 Å². The Morgan fingerprint density at radius 2 is 1.91 bits per heavy atom. The normalized spacial score (nSPS) is 15.0. The highest BCUT2D eigenvalue weighted by Crippen LogP contribution is 2.37. The standard InChI is InChI=1S/C27H31ClN4O3/c1-18(2)32(27(34)29-20-12-11-19(3)22(28)16-20)17-25(33)31-15-14-30-13-7-9-23(30)26(31)21-8-5-6-10-24(21)35-4/h5-13,16,18,26H,14-15,17H2,1-4H3,(H,29,34). The van der Waals surface area contributed by atoms with E-state index in [2.05, 4.69) is 9.88 Å². The van der Waals surface area contributed by atoms with Crippen molar-refractivity contribution in [1.82, 2.24) is 14.4 Å². The van der Waals surface area contributed by atoms with Crippen molar-refractivity contribution in [3.63, 3.8) is 0 Å². The number of carbonyl (C=O) groups excluding carboxylic acids is 2. The molecule has 0 radical (unpaired) electrons. The molecule has 1 unspecified atom stereocenters. The number of fused-ring (bicyclic) bond motifs is 1.